The van der Waals surface area contributed by atoms with Gasteiger partial charge in [-0.15, -0.1) is 0 Å². The highest BCUT2D eigenvalue weighted by Crippen LogP contribution is 2.52. The fraction of sp³-hybridized carbons (Fsp3) is 0.333. The van der Waals surface area contributed by atoms with Gasteiger partial charge in [0.1, 0.15) is 0 Å². The number of hydrogen-bond acceptors (Lipinski definition) is 7. The summed E-state index contributed by atoms with van der Waals surface area (Å²) in [7, 11) is 0. The lowest BCUT2D eigenvalue weighted by molar-refractivity contribution is 0.0190. The summed E-state index contributed by atoms with van der Waals surface area (Å²) in [4.78, 5) is 0. The Morgan fingerprint density at radius 3 is 1.72 bits per heavy atom. The lowest BCUT2D eigenvalue weighted by Gasteiger charge is -2.17. The number of rotatable bonds is 2. The molecule has 4 atom stereocenters. The zero-order valence-electron chi connectivity index (χ0n) is 13.2. The van der Waals surface area contributed by atoms with Crippen molar-refractivity contribution in [3.8, 4) is 28.7 Å². The predicted octanol–water partition coefficient (Wildman–Crippen LogP) is 2.29. The van der Waals surface area contributed by atoms with Gasteiger partial charge in [0.25, 0.3) is 0 Å². The molecular formula is C18H18O7. The van der Waals surface area contributed by atoms with Gasteiger partial charge in [0.2, 0.25) is 0 Å². The Morgan fingerprint density at radius 2 is 1.16 bits per heavy atom. The lowest BCUT2D eigenvalue weighted by Crippen LogP contribution is -2.14. The maximum absolute atomic E-state index is 9.72. The molecule has 2 aromatic rings. The zero-order valence-corrected chi connectivity index (χ0v) is 13.2. The van der Waals surface area contributed by atoms with Gasteiger partial charge in [0, 0.05) is 11.8 Å². The number of aromatic hydroxyl groups is 5. The van der Waals surface area contributed by atoms with Crippen molar-refractivity contribution in [3.63, 3.8) is 0 Å². The minimum Gasteiger partial charge on any atom is -0.504 e. The Bertz CT molecular complexity index is 796. The second-order valence-electron chi connectivity index (χ2n) is 6.49. The largest absolute Gasteiger partial charge is 0.504 e. The Kier molecular flexibility index (Phi) is 3.63. The van der Waals surface area contributed by atoms with Gasteiger partial charge in [0.15, 0.2) is 28.7 Å². The van der Waals surface area contributed by atoms with E-state index < -0.39 is 17.2 Å². The third kappa shape index (κ3) is 2.52. The van der Waals surface area contributed by atoms with Crippen molar-refractivity contribution in [2.24, 2.45) is 11.8 Å². The number of phenols is 5. The number of hydrogen-bond donors (Lipinski definition) is 5. The molecule has 132 valence electrons. The SMILES string of the molecule is Oc1ccc(C2OCC3C(c4cc(O)c(O)c(O)c4)OCC23)cc1O. The first-order chi connectivity index (χ1) is 12.0. The monoisotopic (exact) mass is 346 g/mol. The summed E-state index contributed by atoms with van der Waals surface area (Å²) in [5.41, 5.74) is 1.32. The molecular weight excluding hydrogens is 328 g/mol. The first kappa shape index (κ1) is 15.9. The second-order valence-corrected chi connectivity index (χ2v) is 6.49. The van der Waals surface area contributed by atoms with Crippen molar-refractivity contribution in [2.75, 3.05) is 13.2 Å². The molecule has 0 saturated carbocycles. The highest BCUT2D eigenvalue weighted by molar-refractivity contribution is 5.52. The van der Waals surface area contributed by atoms with Gasteiger partial charge in [-0.3, -0.25) is 0 Å². The van der Waals surface area contributed by atoms with Crippen molar-refractivity contribution >= 4 is 0 Å². The molecule has 0 spiro atoms. The van der Waals surface area contributed by atoms with Crippen LogP contribution < -0.4 is 0 Å². The van der Waals surface area contributed by atoms with Crippen molar-refractivity contribution in [1.29, 1.82) is 0 Å². The van der Waals surface area contributed by atoms with Crippen LogP contribution in [0, 0.1) is 11.8 Å². The van der Waals surface area contributed by atoms with E-state index in [0.29, 0.717) is 18.8 Å². The van der Waals surface area contributed by atoms with Crippen LogP contribution in [0.2, 0.25) is 0 Å². The molecule has 0 amide bonds. The Labute approximate surface area is 143 Å². The average molecular weight is 346 g/mol. The van der Waals surface area contributed by atoms with Gasteiger partial charge in [0.05, 0.1) is 25.4 Å². The molecule has 7 nitrogen and oxygen atoms in total. The maximum atomic E-state index is 9.72. The molecule has 4 rings (SSSR count). The molecule has 0 bridgehead atoms. The summed E-state index contributed by atoms with van der Waals surface area (Å²) >= 11 is 0. The van der Waals surface area contributed by atoms with Gasteiger partial charge in [-0.2, -0.15) is 0 Å². The van der Waals surface area contributed by atoms with Crippen LogP contribution >= 0.6 is 0 Å². The van der Waals surface area contributed by atoms with Crippen LogP contribution in [0.1, 0.15) is 23.3 Å². The average Bonchev–Trinajstić information content (AvgIpc) is 3.16. The lowest BCUT2D eigenvalue weighted by atomic mass is 9.85. The molecule has 2 heterocycles. The first-order valence-corrected chi connectivity index (χ1v) is 7.95. The van der Waals surface area contributed by atoms with E-state index in [1.165, 1.54) is 24.3 Å². The van der Waals surface area contributed by atoms with Crippen LogP contribution in [0.3, 0.4) is 0 Å². The van der Waals surface area contributed by atoms with Crippen LogP contribution in [0.15, 0.2) is 30.3 Å². The van der Waals surface area contributed by atoms with Gasteiger partial charge < -0.3 is 35.0 Å². The number of fused-ring (bicyclic) bond motifs is 1. The molecule has 25 heavy (non-hydrogen) atoms. The highest BCUT2D eigenvalue weighted by Gasteiger charge is 2.48. The Balaban J connectivity index is 1.60. The number of ether oxygens (including phenoxy) is 2. The molecule has 2 aliphatic rings. The van der Waals surface area contributed by atoms with Crippen molar-refractivity contribution in [2.45, 2.75) is 12.2 Å². The molecule has 4 unspecified atom stereocenters. The quantitative estimate of drug-likeness (QED) is 0.529. The summed E-state index contributed by atoms with van der Waals surface area (Å²) < 4.78 is 11.8. The smallest absolute Gasteiger partial charge is 0.200 e. The fourth-order valence-electron chi connectivity index (χ4n) is 3.74. The third-order valence-corrected chi connectivity index (χ3v) is 5.01. The topological polar surface area (TPSA) is 120 Å². The van der Waals surface area contributed by atoms with Crippen LogP contribution in [-0.4, -0.2) is 38.7 Å². The number of benzene rings is 2. The van der Waals surface area contributed by atoms with Crippen molar-refractivity contribution < 1.29 is 35.0 Å². The molecule has 2 fully saturated rings. The third-order valence-electron chi connectivity index (χ3n) is 5.01. The summed E-state index contributed by atoms with van der Waals surface area (Å²) in [5, 5.41) is 48.1. The predicted molar refractivity (Wildman–Crippen MR) is 85.6 cm³/mol. The summed E-state index contributed by atoms with van der Waals surface area (Å²) in [5.74, 6) is -1.71. The molecule has 2 aliphatic heterocycles. The first-order valence-electron chi connectivity index (χ1n) is 7.95. The normalized spacial score (nSPS) is 28.2. The van der Waals surface area contributed by atoms with E-state index in [2.05, 4.69) is 0 Å². The van der Waals surface area contributed by atoms with Crippen molar-refractivity contribution in [3.05, 3.63) is 41.5 Å². The van der Waals surface area contributed by atoms with Gasteiger partial charge in [-0.25, -0.2) is 0 Å². The molecule has 2 aromatic carbocycles. The van der Waals surface area contributed by atoms with E-state index in [9.17, 15) is 25.5 Å². The maximum Gasteiger partial charge on any atom is 0.200 e. The van der Waals surface area contributed by atoms with Gasteiger partial charge in [-0.1, -0.05) is 6.07 Å². The van der Waals surface area contributed by atoms with E-state index >= 15 is 0 Å². The Morgan fingerprint density at radius 1 is 0.640 bits per heavy atom. The van der Waals surface area contributed by atoms with E-state index in [0.717, 1.165) is 5.56 Å². The minimum absolute atomic E-state index is 0.00397. The summed E-state index contributed by atoms with van der Waals surface area (Å²) in [6.45, 7) is 0.841. The minimum atomic E-state index is -0.557. The molecule has 7 heteroatoms. The second kappa shape index (κ2) is 5.72. The van der Waals surface area contributed by atoms with E-state index in [1.54, 1.807) is 6.07 Å². The van der Waals surface area contributed by atoms with E-state index in [4.69, 9.17) is 9.47 Å². The molecule has 5 N–H and O–H groups in total. The highest BCUT2D eigenvalue weighted by atomic mass is 16.5. The fourth-order valence-corrected chi connectivity index (χ4v) is 3.74. The molecule has 0 radical (unpaired) electrons. The van der Waals surface area contributed by atoms with Crippen LogP contribution in [0.25, 0.3) is 0 Å². The van der Waals surface area contributed by atoms with Gasteiger partial charge >= 0.3 is 0 Å². The molecule has 0 aliphatic carbocycles. The zero-order chi connectivity index (χ0) is 17.7. The summed E-state index contributed by atoms with van der Waals surface area (Å²) in [6.07, 6.45) is -0.654. The summed E-state index contributed by atoms with van der Waals surface area (Å²) in [6, 6.07) is 7.36. The van der Waals surface area contributed by atoms with Crippen LogP contribution in [0.4, 0.5) is 0 Å². The van der Waals surface area contributed by atoms with Crippen LogP contribution in [-0.2, 0) is 9.47 Å². The van der Waals surface area contributed by atoms with E-state index in [1.807, 2.05) is 0 Å². The Hall–Kier alpha value is -2.64. The van der Waals surface area contributed by atoms with E-state index in [-0.39, 0.29) is 35.5 Å². The van der Waals surface area contributed by atoms with Gasteiger partial charge in [-0.05, 0) is 35.4 Å². The standard InChI is InChI=1S/C18H18O7/c19-12-2-1-8(3-13(12)20)17-10-6-25-18(11(10)7-24-17)9-4-14(21)16(23)15(22)5-9/h1-5,10-11,17-23H,6-7H2. The van der Waals surface area contributed by atoms with Crippen LogP contribution in [0.5, 0.6) is 28.7 Å². The molecule has 2 saturated heterocycles. The van der Waals surface area contributed by atoms with Crippen molar-refractivity contribution in [1.82, 2.24) is 0 Å². The number of phenolic OH excluding ortho intramolecular Hbond substituents is 5. The molecule has 0 aromatic heterocycles.